The summed E-state index contributed by atoms with van der Waals surface area (Å²) in [5.74, 6) is -3.49. The van der Waals surface area contributed by atoms with Crippen LogP contribution in [0, 0.1) is 11.6 Å². The Morgan fingerprint density at radius 1 is 1.32 bits per heavy atom. The molecule has 8 heteroatoms. The zero-order valence-corrected chi connectivity index (χ0v) is 9.55. The van der Waals surface area contributed by atoms with E-state index in [1.807, 2.05) is 0 Å². The molecule has 1 aromatic carbocycles. The second kappa shape index (κ2) is 5.11. The number of aliphatic hydroxyl groups excluding tert-OH is 1. The molecule has 0 saturated heterocycles. The predicted molar refractivity (Wildman–Crippen MR) is 59.4 cm³/mol. The fourth-order valence-corrected chi connectivity index (χ4v) is 1.64. The zero-order chi connectivity index (χ0) is 14.0. The summed E-state index contributed by atoms with van der Waals surface area (Å²) in [6.45, 7) is -0.298. The number of hydrogen-bond acceptors (Lipinski definition) is 4. The van der Waals surface area contributed by atoms with E-state index in [4.69, 9.17) is 10.2 Å². The Hall–Kier alpha value is -2.35. The monoisotopic (exact) mass is 269 g/mol. The lowest BCUT2D eigenvalue weighted by Gasteiger charge is -2.06. The van der Waals surface area contributed by atoms with E-state index in [9.17, 15) is 13.6 Å². The Kier molecular flexibility index (Phi) is 3.52. The lowest BCUT2D eigenvalue weighted by atomic mass is 10.1. The lowest BCUT2D eigenvalue weighted by Crippen LogP contribution is -2.08. The Morgan fingerprint density at radius 3 is 2.63 bits per heavy atom. The molecule has 6 nitrogen and oxygen atoms in total. The first kappa shape index (κ1) is 13.1. The van der Waals surface area contributed by atoms with Gasteiger partial charge in [0.25, 0.3) is 0 Å². The molecule has 0 unspecified atom stereocenters. The average molecular weight is 269 g/mol. The molecule has 0 amide bonds. The number of carbonyl (C=O) groups is 1. The van der Waals surface area contributed by atoms with Crippen molar-refractivity contribution in [2.24, 2.45) is 0 Å². The minimum Gasteiger partial charge on any atom is -0.476 e. The number of carboxylic acids is 1. The number of carboxylic acid groups (broad SMARTS) is 1. The molecule has 0 radical (unpaired) electrons. The van der Waals surface area contributed by atoms with Crippen LogP contribution < -0.4 is 0 Å². The predicted octanol–water partition coefficient (Wildman–Crippen LogP) is 0.914. The quantitative estimate of drug-likeness (QED) is 0.861. The van der Waals surface area contributed by atoms with Crippen molar-refractivity contribution in [1.82, 2.24) is 15.0 Å². The average Bonchev–Trinajstić information content (AvgIpc) is 2.77. The van der Waals surface area contributed by atoms with Crippen LogP contribution in [0.3, 0.4) is 0 Å². The summed E-state index contributed by atoms with van der Waals surface area (Å²) >= 11 is 0. The number of aromatic nitrogens is 3. The van der Waals surface area contributed by atoms with Crippen LogP contribution in [-0.2, 0) is 6.54 Å². The lowest BCUT2D eigenvalue weighted by molar-refractivity contribution is 0.0691. The van der Waals surface area contributed by atoms with Gasteiger partial charge in [-0.15, -0.1) is 5.10 Å². The highest BCUT2D eigenvalue weighted by Gasteiger charge is 2.21. The molecule has 0 spiro atoms. The first-order valence-corrected chi connectivity index (χ1v) is 5.27. The second-order valence-electron chi connectivity index (χ2n) is 3.67. The summed E-state index contributed by atoms with van der Waals surface area (Å²) in [5.41, 5.74) is -0.255. The van der Waals surface area contributed by atoms with Gasteiger partial charge in [-0.2, -0.15) is 0 Å². The highest BCUT2D eigenvalue weighted by Crippen LogP contribution is 2.24. The van der Waals surface area contributed by atoms with Gasteiger partial charge in [-0.25, -0.2) is 18.3 Å². The number of hydrogen-bond donors (Lipinski definition) is 2. The van der Waals surface area contributed by atoms with Gasteiger partial charge in [0, 0.05) is 5.56 Å². The molecule has 0 aliphatic heterocycles. The van der Waals surface area contributed by atoms with E-state index in [-0.39, 0.29) is 30.1 Å². The third kappa shape index (κ3) is 2.43. The third-order valence-electron chi connectivity index (χ3n) is 2.44. The maximum Gasteiger partial charge on any atom is 0.358 e. The molecule has 0 fully saturated rings. The fraction of sp³-hybridized carbons (Fsp3) is 0.182. The standard InChI is InChI=1S/C11H9F2N3O3/c12-7-2-1-6(5-8(7)13)10-9(11(18)19)14-15-16(10)3-4-17/h1-2,5,17H,3-4H2,(H,18,19). The fourth-order valence-electron chi connectivity index (χ4n) is 1.64. The van der Waals surface area contributed by atoms with Crippen molar-refractivity contribution in [2.75, 3.05) is 6.61 Å². The van der Waals surface area contributed by atoms with E-state index in [0.717, 1.165) is 16.8 Å². The van der Waals surface area contributed by atoms with E-state index in [1.54, 1.807) is 0 Å². The van der Waals surface area contributed by atoms with Crippen molar-refractivity contribution in [2.45, 2.75) is 6.54 Å². The molecule has 1 heterocycles. The molecule has 2 N–H and O–H groups in total. The molecule has 0 bridgehead atoms. The number of nitrogens with zero attached hydrogens (tertiary/aromatic N) is 3. The van der Waals surface area contributed by atoms with Gasteiger partial charge in [-0.05, 0) is 18.2 Å². The highest BCUT2D eigenvalue weighted by molar-refractivity contribution is 5.92. The molecule has 0 saturated carbocycles. The smallest absolute Gasteiger partial charge is 0.358 e. The number of halogens is 2. The van der Waals surface area contributed by atoms with Crippen molar-refractivity contribution < 1.29 is 23.8 Å². The van der Waals surface area contributed by atoms with E-state index < -0.39 is 17.6 Å². The Bertz CT molecular complexity index is 628. The van der Waals surface area contributed by atoms with E-state index in [1.165, 1.54) is 6.07 Å². The van der Waals surface area contributed by atoms with Crippen LogP contribution in [-0.4, -0.2) is 37.8 Å². The van der Waals surface area contributed by atoms with Gasteiger partial charge in [0.15, 0.2) is 17.3 Å². The van der Waals surface area contributed by atoms with Crippen LogP contribution in [0.5, 0.6) is 0 Å². The summed E-state index contributed by atoms with van der Waals surface area (Å²) < 4.78 is 27.2. The number of rotatable bonds is 4. The first-order valence-electron chi connectivity index (χ1n) is 5.27. The molecular formula is C11H9F2N3O3. The van der Waals surface area contributed by atoms with Gasteiger partial charge in [0.2, 0.25) is 0 Å². The van der Waals surface area contributed by atoms with Gasteiger partial charge in [-0.1, -0.05) is 5.21 Å². The van der Waals surface area contributed by atoms with E-state index in [2.05, 4.69) is 10.3 Å². The topological polar surface area (TPSA) is 88.2 Å². The van der Waals surface area contributed by atoms with Crippen molar-refractivity contribution in [3.05, 3.63) is 35.5 Å². The maximum absolute atomic E-state index is 13.2. The van der Waals surface area contributed by atoms with Gasteiger partial charge < -0.3 is 10.2 Å². The van der Waals surface area contributed by atoms with E-state index in [0.29, 0.717) is 0 Å². The number of benzene rings is 1. The van der Waals surface area contributed by atoms with Crippen LogP contribution in [0.2, 0.25) is 0 Å². The Labute approximate surface area is 105 Å². The molecule has 0 aliphatic carbocycles. The van der Waals surface area contributed by atoms with Crippen LogP contribution in [0.1, 0.15) is 10.5 Å². The maximum atomic E-state index is 13.2. The van der Waals surface area contributed by atoms with Gasteiger partial charge in [0.05, 0.1) is 13.2 Å². The molecule has 0 aliphatic rings. The van der Waals surface area contributed by atoms with Crippen LogP contribution in [0.25, 0.3) is 11.3 Å². The largest absolute Gasteiger partial charge is 0.476 e. The minimum atomic E-state index is -1.34. The van der Waals surface area contributed by atoms with Gasteiger partial charge >= 0.3 is 5.97 Å². The molecule has 2 rings (SSSR count). The normalized spacial score (nSPS) is 10.7. The molecule has 19 heavy (non-hydrogen) atoms. The summed E-state index contributed by atoms with van der Waals surface area (Å²) in [6, 6.07) is 2.96. The Morgan fingerprint density at radius 2 is 2.05 bits per heavy atom. The number of aliphatic hydroxyl groups is 1. The summed E-state index contributed by atoms with van der Waals surface area (Å²) in [4.78, 5) is 11.0. The van der Waals surface area contributed by atoms with Crippen LogP contribution in [0.4, 0.5) is 8.78 Å². The summed E-state index contributed by atoms with van der Waals surface area (Å²) in [7, 11) is 0. The van der Waals surface area contributed by atoms with Crippen LogP contribution in [0.15, 0.2) is 18.2 Å². The summed E-state index contributed by atoms with van der Waals surface area (Å²) in [5, 5.41) is 24.9. The molecule has 1 aromatic heterocycles. The first-order chi connectivity index (χ1) is 9.04. The third-order valence-corrected chi connectivity index (χ3v) is 2.44. The second-order valence-corrected chi connectivity index (χ2v) is 3.67. The Balaban J connectivity index is 2.60. The highest BCUT2D eigenvalue weighted by atomic mass is 19.2. The van der Waals surface area contributed by atoms with Crippen molar-refractivity contribution in [3.8, 4) is 11.3 Å². The van der Waals surface area contributed by atoms with Gasteiger partial charge in [0.1, 0.15) is 5.69 Å². The van der Waals surface area contributed by atoms with Crippen molar-refractivity contribution in [1.29, 1.82) is 0 Å². The van der Waals surface area contributed by atoms with Crippen LogP contribution >= 0.6 is 0 Å². The SMILES string of the molecule is O=C(O)c1nnn(CCO)c1-c1ccc(F)c(F)c1. The summed E-state index contributed by atoms with van der Waals surface area (Å²) in [6.07, 6.45) is 0. The molecule has 100 valence electrons. The molecule has 2 aromatic rings. The van der Waals surface area contributed by atoms with E-state index >= 15 is 0 Å². The van der Waals surface area contributed by atoms with Gasteiger partial charge in [-0.3, -0.25) is 0 Å². The van der Waals surface area contributed by atoms with Crippen molar-refractivity contribution >= 4 is 5.97 Å². The number of aromatic carboxylic acids is 1. The van der Waals surface area contributed by atoms with Crippen molar-refractivity contribution in [3.63, 3.8) is 0 Å². The molecular weight excluding hydrogens is 260 g/mol. The molecule has 0 atom stereocenters. The zero-order valence-electron chi connectivity index (χ0n) is 9.55. The minimum absolute atomic E-state index is 0.00535.